The van der Waals surface area contributed by atoms with Gasteiger partial charge in [-0.1, -0.05) is 6.07 Å². The summed E-state index contributed by atoms with van der Waals surface area (Å²) in [6, 6.07) is 14.1. The van der Waals surface area contributed by atoms with Crippen LogP contribution in [0.15, 0.2) is 72.1 Å². The number of non-ortho nitro benzene ring substituents is 1. The van der Waals surface area contributed by atoms with Gasteiger partial charge in [0, 0.05) is 24.5 Å². The molecule has 9 nitrogen and oxygen atoms in total. The van der Waals surface area contributed by atoms with Crippen molar-refractivity contribution in [3.05, 3.63) is 88.2 Å². The molecule has 0 atom stereocenters. The maximum absolute atomic E-state index is 12.2. The fourth-order valence-corrected chi connectivity index (χ4v) is 2.36. The van der Waals surface area contributed by atoms with E-state index in [0.29, 0.717) is 22.6 Å². The highest BCUT2D eigenvalue weighted by molar-refractivity contribution is 5.91. The van der Waals surface area contributed by atoms with Gasteiger partial charge in [-0.05, 0) is 42.0 Å². The first-order valence-electron chi connectivity index (χ1n) is 8.40. The number of pyridine rings is 1. The van der Waals surface area contributed by atoms with E-state index in [0.717, 1.165) is 0 Å². The number of benzene rings is 2. The lowest BCUT2D eigenvalue weighted by Gasteiger charge is -2.09. The van der Waals surface area contributed by atoms with Crippen molar-refractivity contribution < 1.29 is 19.2 Å². The van der Waals surface area contributed by atoms with Crippen LogP contribution in [-0.4, -0.2) is 29.2 Å². The van der Waals surface area contributed by atoms with Gasteiger partial charge in [0.05, 0.1) is 29.5 Å². The van der Waals surface area contributed by atoms with Gasteiger partial charge in [-0.3, -0.25) is 20.5 Å². The first-order chi connectivity index (χ1) is 14.1. The van der Waals surface area contributed by atoms with Crippen LogP contribution in [0.25, 0.3) is 0 Å². The van der Waals surface area contributed by atoms with Gasteiger partial charge in [-0.15, -0.1) is 0 Å². The van der Waals surface area contributed by atoms with Gasteiger partial charge < -0.3 is 9.47 Å². The molecule has 1 aromatic heterocycles. The number of carbonyl (C=O) groups excluding carboxylic acids is 1. The summed E-state index contributed by atoms with van der Waals surface area (Å²) < 4.78 is 10.6. The topological polar surface area (TPSA) is 116 Å². The zero-order chi connectivity index (χ0) is 20.6. The fourth-order valence-electron chi connectivity index (χ4n) is 2.36. The van der Waals surface area contributed by atoms with Crippen molar-refractivity contribution in [1.29, 1.82) is 0 Å². The number of hydrogen-bond acceptors (Lipinski definition) is 8. The summed E-state index contributed by atoms with van der Waals surface area (Å²) in [5, 5.41) is 14.9. The molecule has 3 rings (SSSR count). The fraction of sp³-hybridized carbons (Fsp3) is 0.0500. The van der Waals surface area contributed by atoms with Gasteiger partial charge in [0.25, 0.3) is 5.69 Å². The Hall–Kier alpha value is -4.27. The lowest BCUT2D eigenvalue weighted by atomic mass is 10.2. The third-order valence-electron chi connectivity index (χ3n) is 3.75. The molecule has 0 bridgehead atoms. The number of aromatic nitrogens is 1. The second-order valence-corrected chi connectivity index (χ2v) is 5.72. The summed E-state index contributed by atoms with van der Waals surface area (Å²) in [6.07, 6.45) is 4.48. The van der Waals surface area contributed by atoms with Crippen molar-refractivity contribution in [3.8, 4) is 11.5 Å². The Bertz CT molecular complexity index is 1050. The summed E-state index contributed by atoms with van der Waals surface area (Å²) in [5.74, 6) is 0.0526. The van der Waals surface area contributed by atoms with Gasteiger partial charge in [0.2, 0.25) is 0 Å². The highest BCUT2D eigenvalue weighted by Gasteiger charge is 2.12. The lowest BCUT2D eigenvalue weighted by Crippen LogP contribution is -2.09. The maximum Gasteiger partial charge on any atom is 0.345 e. The van der Waals surface area contributed by atoms with E-state index in [1.165, 1.54) is 31.7 Å². The summed E-state index contributed by atoms with van der Waals surface area (Å²) in [5.41, 5.74) is 4.16. The third-order valence-corrected chi connectivity index (χ3v) is 3.75. The number of rotatable bonds is 7. The highest BCUT2D eigenvalue weighted by atomic mass is 16.6. The SMILES string of the molecule is COc1cc(C=NNc2cccc([N+](=O)[O-])c2)ccc1OC(=O)c1cccnc1. The molecule has 0 aliphatic rings. The van der Waals surface area contributed by atoms with Crippen LogP contribution in [0.2, 0.25) is 0 Å². The molecule has 29 heavy (non-hydrogen) atoms. The number of nitro benzene ring substituents is 1. The number of nitrogens with zero attached hydrogens (tertiary/aromatic N) is 3. The first-order valence-corrected chi connectivity index (χ1v) is 8.40. The smallest absolute Gasteiger partial charge is 0.345 e. The lowest BCUT2D eigenvalue weighted by molar-refractivity contribution is -0.384. The number of hydrazone groups is 1. The van der Waals surface area contributed by atoms with E-state index in [1.54, 1.807) is 48.7 Å². The molecule has 0 aliphatic carbocycles. The molecule has 0 saturated carbocycles. The number of hydrogen-bond donors (Lipinski definition) is 1. The number of anilines is 1. The largest absolute Gasteiger partial charge is 0.493 e. The molecule has 3 aromatic rings. The second-order valence-electron chi connectivity index (χ2n) is 5.72. The Kier molecular flexibility index (Phi) is 6.11. The average molecular weight is 392 g/mol. The Morgan fingerprint density at radius 1 is 1.17 bits per heavy atom. The molecular weight excluding hydrogens is 376 g/mol. The van der Waals surface area contributed by atoms with E-state index in [1.807, 2.05) is 0 Å². The van der Waals surface area contributed by atoms with E-state index in [4.69, 9.17) is 9.47 Å². The number of carbonyl (C=O) groups is 1. The molecule has 2 aromatic carbocycles. The van der Waals surface area contributed by atoms with Crippen LogP contribution >= 0.6 is 0 Å². The van der Waals surface area contributed by atoms with Gasteiger partial charge in [0.15, 0.2) is 11.5 Å². The van der Waals surface area contributed by atoms with E-state index in [9.17, 15) is 14.9 Å². The Balaban J connectivity index is 1.70. The van der Waals surface area contributed by atoms with E-state index in [-0.39, 0.29) is 11.4 Å². The van der Waals surface area contributed by atoms with Crippen LogP contribution in [-0.2, 0) is 0 Å². The molecule has 0 radical (unpaired) electrons. The van der Waals surface area contributed by atoms with Crippen LogP contribution in [0.1, 0.15) is 15.9 Å². The zero-order valence-electron chi connectivity index (χ0n) is 15.3. The Morgan fingerprint density at radius 3 is 2.76 bits per heavy atom. The molecule has 9 heteroatoms. The Morgan fingerprint density at radius 2 is 2.03 bits per heavy atom. The summed E-state index contributed by atoms with van der Waals surface area (Å²) >= 11 is 0. The normalized spacial score (nSPS) is 10.5. The van der Waals surface area contributed by atoms with Crippen LogP contribution in [0.4, 0.5) is 11.4 Å². The van der Waals surface area contributed by atoms with Crippen molar-refractivity contribution in [1.82, 2.24) is 4.98 Å². The van der Waals surface area contributed by atoms with Crippen molar-refractivity contribution >= 4 is 23.6 Å². The predicted molar refractivity (Wildman–Crippen MR) is 107 cm³/mol. The van der Waals surface area contributed by atoms with Crippen molar-refractivity contribution in [2.45, 2.75) is 0 Å². The molecule has 0 amide bonds. The van der Waals surface area contributed by atoms with Gasteiger partial charge >= 0.3 is 5.97 Å². The van der Waals surface area contributed by atoms with E-state index < -0.39 is 10.9 Å². The van der Waals surface area contributed by atoms with Crippen LogP contribution < -0.4 is 14.9 Å². The summed E-state index contributed by atoms with van der Waals surface area (Å²) in [4.78, 5) is 26.4. The highest BCUT2D eigenvalue weighted by Crippen LogP contribution is 2.28. The summed E-state index contributed by atoms with van der Waals surface area (Å²) in [7, 11) is 1.46. The second kappa shape index (κ2) is 9.09. The number of nitrogens with one attached hydrogen (secondary N) is 1. The quantitative estimate of drug-likeness (QED) is 0.214. The number of esters is 1. The van der Waals surface area contributed by atoms with Crippen LogP contribution in [0.3, 0.4) is 0 Å². The minimum atomic E-state index is -0.551. The number of nitro groups is 1. The number of methoxy groups -OCH3 is 1. The summed E-state index contributed by atoms with van der Waals surface area (Å²) in [6.45, 7) is 0. The Labute approximate surface area is 165 Å². The molecule has 0 fully saturated rings. The van der Waals surface area contributed by atoms with Crippen molar-refractivity contribution in [2.24, 2.45) is 5.10 Å². The average Bonchev–Trinajstić information content (AvgIpc) is 2.75. The molecule has 146 valence electrons. The standard InChI is InChI=1S/C20H16N4O5/c1-28-19-10-14(12-22-23-16-5-2-6-17(11-16)24(26)27)7-8-18(19)29-20(25)15-4-3-9-21-13-15/h2-13,23H,1H3. The van der Waals surface area contributed by atoms with Crippen molar-refractivity contribution in [3.63, 3.8) is 0 Å². The molecule has 0 aliphatic heterocycles. The molecule has 1 heterocycles. The minimum Gasteiger partial charge on any atom is -0.493 e. The monoisotopic (exact) mass is 392 g/mol. The molecular formula is C20H16N4O5. The molecule has 0 unspecified atom stereocenters. The third kappa shape index (κ3) is 5.13. The zero-order valence-corrected chi connectivity index (χ0v) is 15.3. The number of ether oxygens (including phenoxy) is 2. The first kappa shape index (κ1) is 19.5. The van der Waals surface area contributed by atoms with E-state index >= 15 is 0 Å². The van der Waals surface area contributed by atoms with Crippen LogP contribution in [0.5, 0.6) is 11.5 Å². The minimum absolute atomic E-state index is 0.0355. The van der Waals surface area contributed by atoms with Crippen molar-refractivity contribution in [2.75, 3.05) is 12.5 Å². The predicted octanol–water partition coefficient (Wildman–Crippen LogP) is 3.66. The van der Waals surface area contributed by atoms with Gasteiger partial charge in [0.1, 0.15) is 0 Å². The van der Waals surface area contributed by atoms with Gasteiger partial charge in [-0.2, -0.15) is 5.10 Å². The van der Waals surface area contributed by atoms with E-state index in [2.05, 4.69) is 15.5 Å². The molecule has 0 saturated heterocycles. The molecule has 0 spiro atoms. The van der Waals surface area contributed by atoms with Gasteiger partial charge in [-0.25, -0.2) is 4.79 Å². The molecule has 1 N–H and O–H groups in total. The maximum atomic E-state index is 12.2. The van der Waals surface area contributed by atoms with Crippen LogP contribution in [0, 0.1) is 10.1 Å².